The summed E-state index contributed by atoms with van der Waals surface area (Å²) >= 11 is 3.38. The minimum Gasteiger partial charge on any atom is -0.491 e. The van der Waals surface area contributed by atoms with Gasteiger partial charge in [0.2, 0.25) is 0 Å². The fourth-order valence-electron chi connectivity index (χ4n) is 2.21. The van der Waals surface area contributed by atoms with Crippen LogP contribution in [-0.2, 0) is 0 Å². The first kappa shape index (κ1) is 16.6. The van der Waals surface area contributed by atoms with Gasteiger partial charge in [-0.1, -0.05) is 24.3 Å². The molecule has 0 atom stereocenters. The van der Waals surface area contributed by atoms with Gasteiger partial charge in [0.1, 0.15) is 12.4 Å². The zero-order valence-electron chi connectivity index (χ0n) is 13.1. The lowest BCUT2D eigenvalue weighted by molar-refractivity contribution is 0.0946. The van der Waals surface area contributed by atoms with Gasteiger partial charge in [-0.3, -0.25) is 4.79 Å². The summed E-state index contributed by atoms with van der Waals surface area (Å²) in [5.74, 6) is 0.809. The zero-order chi connectivity index (χ0) is 16.1. The molecule has 0 aliphatic carbocycles. The number of hydrogen-bond donors (Lipinski definition) is 1. The van der Waals surface area contributed by atoms with E-state index in [1.165, 1.54) is 5.56 Å². The number of rotatable bonds is 5. The maximum Gasteiger partial charge on any atom is 0.252 e. The van der Waals surface area contributed by atoms with E-state index in [-0.39, 0.29) is 5.91 Å². The second kappa shape index (κ2) is 7.45. The van der Waals surface area contributed by atoms with Crippen LogP contribution in [0, 0.1) is 20.8 Å². The van der Waals surface area contributed by atoms with Gasteiger partial charge in [-0.15, -0.1) is 0 Å². The average molecular weight is 362 g/mol. The van der Waals surface area contributed by atoms with Crippen molar-refractivity contribution in [2.75, 3.05) is 13.2 Å². The number of nitrogens with one attached hydrogen (secondary N) is 1. The van der Waals surface area contributed by atoms with E-state index in [2.05, 4.69) is 47.2 Å². The molecule has 4 heteroatoms. The minimum absolute atomic E-state index is 0.103. The van der Waals surface area contributed by atoms with Gasteiger partial charge in [0.05, 0.1) is 12.1 Å². The lowest BCUT2D eigenvalue weighted by Gasteiger charge is -2.14. The third-order valence-corrected chi connectivity index (χ3v) is 4.32. The molecular formula is C18H20BrNO2. The molecule has 22 heavy (non-hydrogen) atoms. The molecule has 2 aromatic rings. The second-order valence-electron chi connectivity index (χ2n) is 5.24. The molecule has 0 spiro atoms. The third kappa shape index (κ3) is 3.89. The Hall–Kier alpha value is -1.81. The molecule has 0 fully saturated rings. The first-order valence-corrected chi connectivity index (χ1v) is 8.02. The van der Waals surface area contributed by atoms with E-state index in [9.17, 15) is 4.79 Å². The molecule has 0 aliphatic heterocycles. The van der Waals surface area contributed by atoms with Crippen LogP contribution in [0.15, 0.2) is 40.9 Å². The van der Waals surface area contributed by atoms with Gasteiger partial charge < -0.3 is 10.1 Å². The molecule has 0 aromatic heterocycles. The number of benzene rings is 2. The summed E-state index contributed by atoms with van der Waals surface area (Å²) in [6, 6.07) is 11.5. The number of ether oxygens (including phenoxy) is 1. The van der Waals surface area contributed by atoms with Crippen molar-refractivity contribution in [2.24, 2.45) is 0 Å². The fourth-order valence-corrected chi connectivity index (χ4v) is 2.67. The summed E-state index contributed by atoms with van der Waals surface area (Å²) in [4.78, 5) is 12.1. The summed E-state index contributed by atoms with van der Waals surface area (Å²) in [6.07, 6.45) is 0. The van der Waals surface area contributed by atoms with Gasteiger partial charge in [0.15, 0.2) is 0 Å². The quantitative estimate of drug-likeness (QED) is 0.811. The highest BCUT2D eigenvalue weighted by Gasteiger charge is 2.09. The molecule has 2 rings (SSSR count). The number of aryl methyl sites for hydroxylation is 2. The van der Waals surface area contributed by atoms with Gasteiger partial charge in [0.25, 0.3) is 5.91 Å². The van der Waals surface area contributed by atoms with Crippen molar-refractivity contribution in [1.82, 2.24) is 5.32 Å². The van der Waals surface area contributed by atoms with Crippen LogP contribution < -0.4 is 10.1 Å². The smallest absolute Gasteiger partial charge is 0.252 e. The Morgan fingerprint density at radius 3 is 2.50 bits per heavy atom. The Bertz CT molecular complexity index is 683. The molecule has 0 aliphatic rings. The van der Waals surface area contributed by atoms with E-state index in [0.29, 0.717) is 18.7 Å². The number of hydrogen-bond acceptors (Lipinski definition) is 2. The summed E-state index contributed by atoms with van der Waals surface area (Å²) in [6.45, 7) is 7.06. The SMILES string of the molecule is Cc1ccc(C)c(OCCNC(=O)c2ccccc2Br)c1C. The molecule has 0 unspecified atom stereocenters. The van der Waals surface area contributed by atoms with Crippen LogP contribution in [-0.4, -0.2) is 19.1 Å². The van der Waals surface area contributed by atoms with Gasteiger partial charge in [-0.25, -0.2) is 0 Å². The van der Waals surface area contributed by atoms with Crippen LogP contribution in [0.5, 0.6) is 5.75 Å². The van der Waals surface area contributed by atoms with Gasteiger partial charge in [-0.2, -0.15) is 0 Å². The van der Waals surface area contributed by atoms with Crippen LogP contribution in [0.25, 0.3) is 0 Å². The van der Waals surface area contributed by atoms with E-state index in [1.807, 2.05) is 25.1 Å². The van der Waals surface area contributed by atoms with Gasteiger partial charge >= 0.3 is 0 Å². The lowest BCUT2D eigenvalue weighted by Crippen LogP contribution is -2.28. The summed E-state index contributed by atoms with van der Waals surface area (Å²) < 4.78 is 6.63. The van der Waals surface area contributed by atoms with Crippen molar-refractivity contribution < 1.29 is 9.53 Å². The number of halogens is 1. The van der Waals surface area contributed by atoms with Gasteiger partial charge in [0, 0.05) is 4.47 Å². The average Bonchev–Trinajstić information content (AvgIpc) is 2.50. The van der Waals surface area contributed by atoms with E-state index in [4.69, 9.17) is 4.74 Å². The van der Waals surface area contributed by atoms with E-state index in [0.717, 1.165) is 21.3 Å². The highest BCUT2D eigenvalue weighted by Crippen LogP contribution is 2.25. The van der Waals surface area contributed by atoms with Gasteiger partial charge in [-0.05, 0) is 65.5 Å². The molecule has 0 radical (unpaired) electrons. The fraction of sp³-hybridized carbons (Fsp3) is 0.278. The maximum absolute atomic E-state index is 12.1. The molecule has 0 saturated carbocycles. The molecule has 0 saturated heterocycles. The number of carbonyl (C=O) groups is 1. The predicted molar refractivity (Wildman–Crippen MR) is 92.6 cm³/mol. The Morgan fingerprint density at radius 2 is 1.77 bits per heavy atom. The van der Waals surface area contributed by atoms with E-state index in [1.54, 1.807) is 6.07 Å². The molecule has 2 aromatic carbocycles. The van der Waals surface area contributed by atoms with Crippen molar-refractivity contribution in [3.63, 3.8) is 0 Å². The predicted octanol–water partition coefficient (Wildman–Crippen LogP) is 4.18. The van der Waals surface area contributed by atoms with Crippen molar-refractivity contribution in [1.29, 1.82) is 0 Å². The van der Waals surface area contributed by atoms with Crippen LogP contribution >= 0.6 is 15.9 Å². The molecule has 0 bridgehead atoms. The first-order chi connectivity index (χ1) is 10.5. The summed E-state index contributed by atoms with van der Waals surface area (Å²) in [5, 5.41) is 2.87. The van der Waals surface area contributed by atoms with Crippen molar-refractivity contribution in [3.8, 4) is 5.75 Å². The maximum atomic E-state index is 12.1. The molecule has 0 heterocycles. The zero-order valence-corrected chi connectivity index (χ0v) is 14.7. The third-order valence-electron chi connectivity index (χ3n) is 3.63. The van der Waals surface area contributed by atoms with Crippen LogP contribution in [0.4, 0.5) is 0 Å². The van der Waals surface area contributed by atoms with Crippen molar-refractivity contribution in [2.45, 2.75) is 20.8 Å². The summed E-state index contributed by atoms with van der Waals surface area (Å²) in [7, 11) is 0. The Morgan fingerprint density at radius 1 is 1.09 bits per heavy atom. The monoisotopic (exact) mass is 361 g/mol. The van der Waals surface area contributed by atoms with Crippen LogP contribution in [0.1, 0.15) is 27.0 Å². The van der Waals surface area contributed by atoms with Crippen LogP contribution in [0.2, 0.25) is 0 Å². The first-order valence-electron chi connectivity index (χ1n) is 7.23. The second-order valence-corrected chi connectivity index (χ2v) is 6.09. The Balaban J connectivity index is 1.89. The molecule has 3 nitrogen and oxygen atoms in total. The highest BCUT2D eigenvalue weighted by atomic mass is 79.9. The summed E-state index contributed by atoms with van der Waals surface area (Å²) in [5.41, 5.74) is 4.10. The number of amides is 1. The van der Waals surface area contributed by atoms with E-state index >= 15 is 0 Å². The highest BCUT2D eigenvalue weighted by molar-refractivity contribution is 9.10. The topological polar surface area (TPSA) is 38.3 Å². The normalized spacial score (nSPS) is 10.4. The van der Waals surface area contributed by atoms with Crippen molar-refractivity contribution in [3.05, 3.63) is 63.1 Å². The molecular weight excluding hydrogens is 342 g/mol. The molecule has 1 amide bonds. The lowest BCUT2D eigenvalue weighted by atomic mass is 10.1. The molecule has 116 valence electrons. The standard InChI is InChI=1S/C18H20BrNO2/c1-12-8-9-13(2)17(14(12)3)22-11-10-20-18(21)15-6-4-5-7-16(15)19/h4-9H,10-11H2,1-3H3,(H,20,21). The minimum atomic E-state index is -0.103. The number of carbonyl (C=O) groups excluding carboxylic acids is 1. The Labute approximate surface area is 139 Å². The Kier molecular flexibility index (Phi) is 5.61. The van der Waals surface area contributed by atoms with Crippen LogP contribution in [0.3, 0.4) is 0 Å². The largest absolute Gasteiger partial charge is 0.491 e. The molecule has 1 N–H and O–H groups in total. The van der Waals surface area contributed by atoms with Crippen molar-refractivity contribution >= 4 is 21.8 Å². The van der Waals surface area contributed by atoms with E-state index < -0.39 is 0 Å².